The van der Waals surface area contributed by atoms with E-state index in [2.05, 4.69) is 15.0 Å². The number of esters is 1. The lowest BCUT2D eigenvalue weighted by atomic mass is 10.2. The van der Waals surface area contributed by atoms with E-state index in [0.717, 1.165) is 4.88 Å². The largest absolute Gasteiger partial charge is 0.458 e. The predicted molar refractivity (Wildman–Crippen MR) is 102 cm³/mol. The van der Waals surface area contributed by atoms with Gasteiger partial charge < -0.3 is 9.47 Å². The number of ether oxygens (including phenoxy) is 2. The fourth-order valence-corrected chi connectivity index (χ4v) is 4.39. The Kier molecular flexibility index (Phi) is 4.65. The molecular weight excluding hydrogens is 479 g/mol. The molecule has 0 saturated carbocycles. The number of hydrogen-bond acceptors (Lipinski definition) is 7. The van der Waals surface area contributed by atoms with Crippen molar-refractivity contribution in [1.29, 1.82) is 0 Å². The number of thiophene rings is 1. The summed E-state index contributed by atoms with van der Waals surface area (Å²) in [7, 11) is 0. The molecule has 0 N–H and O–H groups in total. The molecule has 3 aromatic rings. The molecule has 2 unspecified atom stereocenters. The van der Waals surface area contributed by atoms with Crippen molar-refractivity contribution >= 4 is 62.7 Å². The van der Waals surface area contributed by atoms with E-state index in [0.29, 0.717) is 33.8 Å². The molecule has 0 spiro atoms. The average molecular weight is 491 g/mol. The number of rotatable bonds is 3. The molecule has 130 valence electrons. The van der Waals surface area contributed by atoms with Gasteiger partial charge in [0.15, 0.2) is 26.7 Å². The van der Waals surface area contributed by atoms with E-state index in [-0.39, 0.29) is 11.1 Å². The first-order valence-corrected chi connectivity index (χ1v) is 9.82. The molecule has 0 aliphatic carbocycles. The Balaban J connectivity index is 1.94. The molecule has 4 rings (SSSR count). The summed E-state index contributed by atoms with van der Waals surface area (Å²) in [5.74, 6) is 0.331. The molecule has 10 heteroatoms. The van der Waals surface area contributed by atoms with E-state index in [1.165, 1.54) is 6.92 Å². The van der Waals surface area contributed by atoms with Gasteiger partial charge in [-0.15, -0.1) is 11.3 Å². The van der Waals surface area contributed by atoms with Crippen molar-refractivity contribution in [2.75, 3.05) is 6.61 Å². The van der Waals surface area contributed by atoms with Crippen LogP contribution in [-0.2, 0) is 14.3 Å². The summed E-state index contributed by atoms with van der Waals surface area (Å²) in [6.45, 7) is 1.88. The first-order valence-electron chi connectivity index (χ1n) is 7.48. The van der Waals surface area contributed by atoms with Crippen molar-refractivity contribution < 1.29 is 14.3 Å². The molecule has 25 heavy (non-hydrogen) atoms. The van der Waals surface area contributed by atoms with Crippen LogP contribution in [0.3, 0.4) is 0 Å². The molecule has 1 aliphatic heterocycles. The van der Waals surface area contributed by atoms with Crippen molar-refractivity contribution in [1.82, 2.24) is 19.5 Å². The fourth-order valence-electron chi connectivity index (χ4n) is 2.86. The first kappa shape index (κ1) is 17.1. The normalized spacial score (nSPS) is 20.3. The van der Waals surface area contributed by atoms with Crippen molar-refractivity contribution in [3.05, 3.63) is 26.5 Å². The average Bonchev–Trinajstić information content (AvgIpc) is 3.24. The molecule has 0 amide bonds. The number of hydrogen-bond donors (Lipinski definition) is 0. The predicted octanol–water partition coefficient (Wildman–Crippen LogP) is 3.66. The van der Waals surface area contributed by atoms with E-state index >= 15 is 0 Å². The Hall–Kier alpha value is -1.30. The molecule has 1 fully saturated rings. The van der Waals surface area contributed by atoms with E-state index in [9.17, 15) is 4.79 Å². The minimum absolute atomic E-state index is 0.285. The highest BCUT2D eigenvalue weighted by molar-refractivity contribution is 14.1. The maximum atomic E-state index is 11.5. The summed E-state index contributed by atoms with van der Waals surface area (Å²) in [5.41, 5.74) is 1.07. The number of carbonyl (C=O) groups excluding carboxylic acids is 1. The van der Waals surface area contributed by atoms with Gasteiger partial charge >= 0.3 is 5.97 Å². The summed E-state index contributed by atoms with van der Waals surface area (Å²) in [4.78, 5) is 25.7. The second-order valence-corrected chi connectivity index (χ2v) is 7.71. The fraction of sp³-hybridized carbons (Fsp3) is 0.333. The summed E-state index contributed by atoms with van der Waals surface area (Å²) >= 11 is 9.84. The molecule has 0 aromatic carbocycles. The van der Waals surface area contributed by atoms with Gasteiger partial charge in [-0.25, -0.2) is 15.0 Å². The van der Waals surface area contributed by atoms with Crippen LogP contribution in [0.25, 0.3) is 21.9 Å². The van der Waals surface area contributed by atoms with Crippen LogP contribution in [0.1, 0.15) is 19.6 Å². The van der Waals surface area contributed by atoms with E-state index in [1.807, 2.05) is 44.7 Å². The Labute approximate surface area is 165 Å². The summed E-state index contributed by atoms with van der Waals surface area (Å²) < 4.78 is 13.7. The number of halogens is 2. The van der Waals surface area contributed by atoms with E-state index in [4.69, 9.17) is 21.1 Å². The summed E-state index contributed by atoms with van der Waals surface area (Å²) in [5, 5.41) is 2.25. The zero-order chi connectivity index (χ0) is 17.6. The highest BCUT2D eigenvalue weighted by atomic mass is 127. The maximum absolute atomic E-state index is 11.5. The third-order valence-electron chi connectivity index (χ3n) is 3.79. The zero-order valence-electron chi connectivity index (χ0n) is 13.0. The Morgan fingerprint density at radius 2 is 2.32 bits per heavy atom. The second kappa shape index (κ2) is 6.78. The van der Waals surface area contributed by atoms with Crippen LogP contribution in [0, 0.1) is 3.83 Å². The summed E-state index contributed by atoms with van der Waals surface area (Å²) in [6.07, 6.45) is -0.295. The lowest BCUT2D eigenvalue weighted by Crippen LogP contribution is -2.25. The van der Waals surface area contributed by atoms with Gasteiger partial charge in [0.05, 0.1) is 11.5 Å². The van der Waals surface area contributed by atoms with Crippen molar-refractivity contribution in [2.24, 2.45) is 0 Å². The number of aromatic nitrogens is 4. The van der Waals surface area contributed by atoms with Crippen molar-refractivity contribution in [3.63, 3.8) is 0 Å². The Morgan fingerprint density at radius 3 is 3.04 bits per heavy atom. The number of fused-ring (bicyclic) bond motifs is 1. The number of imidazole rings is 1. The van der Waals surface area contributed by atoms with Crippen LogP contribution >= 0.6 is 45.5 Å². The van der Waals surface area contributed by atoms with Gasteiger partial charge in [-0.2, -0.15) is 0 Å². The monoisotopic (exact) mass is 490 g/mol. The van der Waals surface area contributed by atoms with Gasteiger partial charge in [0.2, 0.25) is 0 Å². The van der Waals surface area contributed by atoms with Crippen molar-refractivity contribution in [3.8, 4) is 10.7 Å². The quantitative estimate of drug-likeness (QED) is 0.241. The topological polar surface area (TPSA) is 79.1 Å². The van der Waals surface area contributed by atoms with Crippen LogP contribution < -0.4 is 0 Å². The molecule has 2 atom stereocenters. The maximum Gasteiger partial charge on any atom is 0.303 e. The lowest BCUT2D eigenvalue weighted by Gasteiger charge is -2.21. The van der Waals surface area contributed by atoms with Crippen LogP contribution in [0.15, 0.2) is 17.5 Å². The van der Waals surface area contributed by atoms with Gasteiger partial charge in [-0.3, -0.25) is 9.36 Å². The smallest absolute Gasteiger partial charge is 0.303 e. The SMILES string of the molecule is CC(=O)OC1CCOC1n1c(-c2cccs2)nc2c(Cl)nc(I)nc21. The standard InChI is InChI=1S/C15H12ClIN4O3S/c1-7(22)24-8-4-5-23-14(8)21-12(9-3-2-6-25-9)18-10-11(16)19-15(17)20-13(10)21/h2-3,6,8,14H,4-5H2,1H3. The lowest BCUT2D eigenvalue weighted by molar-refractivity contribution is -0.151. The molecule has 0 radical (unpaired) electrons. The number of nitrogens with zero attached hydrogens (tertiary/aromatic N) is 4. The van der Waals surface area contributed by atoms with Crippen LogP contribution in [0.2, 0.25) is 5.15 Å². The number of carbonyl (C=O) groups is 1. The van der Waals surface area contributed by atoms with Crippen LogP contribution in [0.4, 0.5) is 0 Å². The zero-order valence-corrected chi connectivity index (χ0v) is 16.7. The molecule has 0 bridgehead atoms. The van der Waals surface area contributed by atoms with Gasteiger partial charge in [0.25, 0.3) is 0 Å². The third kappa shape index (κ3) is 3.14. The van der Waals surface area contributed by atoms with Crippen LogP contribution in [0.5, 0.6) is 0 Å². The Bertz CT molecular complexity index is 946. The third-order valence-corrected chi connectivity index (χ3v) is 5.40. The van der Waals surface area contributed by atoms with E-state index in [1.54, 1.807) is 11.3 Å². The van der Waals surface area contributed by atoms with Crippen molar-refractivity contribution in [2.45, 2.75) is 25.7 Å². The molecule has 7 nitrogen and oxygen atoms in total. The van der Waals surface area contributed by atoms with E-state index < -0.39 is 12.3 Å². The second-order valence-electron chi connectivity index (χ2n) is 5.44. The molecular formula is C15H12ClIN4O3S. The Morgan fingerprint density at radius 1 is 1.48 bits per heavy atom. The van der Waals surface area contributed by atoms with Gasteiger partial charge in [0.1, 0.15) is 11.6 Å². The molecule has 4 heterocycles. The first-order chi connectivity index (χ1) is 12.0. The highest BCUT2D eigenvalue weighted by Gasteiger charge is 2.36. The summed E-state index contributed by atoms with van der Waals surface area (Å²) in [6, 6.07) is 3.91. The highest BCUT2D eigenvalue weighted by Crippen LogP contribution is 2.37. The molecule has 3 aromatic heterocycles. The minimum atomic E-state index is -0.507. The molecule has 1 saturated heterocycles. The van der Waals surface area contributed by atoms with Gasteiger partial charge in [-0.1, -0.05) is 17.7 Å². The minimum Gasteiger partial charge on any atom is -0.458 e. The molecule has 1 aliphatic rings. The van der Waals surface area contributed by atoms with Gasteiger partial charge in [0, 0.05) is 35.9 Å². The van der Waals surface area contributed by atoms with Crippen LogP contribution in [-0.4, -0.2) is 38.2 Å². The van der Waals surface area contributed by atoms with Gasteiger partial charge in [-0.05, 0) is 11.4 Å².